The number of rotatable bonds is 9. The molecule has 0 bridgehead atoms. The molecule has 2 fully saturated rings. The third-order valence-corrected chi connectivity index (χ3v) is 9.26. The van der Waals surface area contributed by atoms with Crippen LogP contribution in [0.4, 0.5) is 4.39 Å². The van der Waals surface area contributed by atoms with Crippen LogP contribution in [0.5, 0.6) is 11.5 Å². The highest BCUT2D eigenvalue weighted by atomic mass is 35.5. The quantitative estimate of drug-likeness (QED) is 0.185. The van der Waals surface area contributed by atoms with Crippen molar-refractivity contribution in [3.63, 3.8) is 0 Å². The Kier molecular flexibility index (Phi) is 8.25. The number of imidazole rings is 1. The van der Waals surface area contributed by atoms with E-state index in [9.17, 15) is 9.18 Å². The molecular formula is C34H36ClFN4O6. The van der Waals surface area contributed by atoms with Crippen molar-refractivity contribution in [1.29, 1.82) is 0 Å². The lowest BCUT2D eigenvalue weighted by atomic mass is 9.88. The molecule has 0 spiro atoms. The molecule has 2 aromatic carbocycles. The predicted octanol–water partition coefficient (Wildman–Crippen LogP) is 6.63. The molecular weight excluding hydrogens is 615 g/mol. The lowest BCUT2D eigenvalue weighted by Gasteiger charge is -2.33. The number of oxazole rings is 1. The van der Waals surface area contributed by atoms with E-state index in [0.717, 1.165) is 61.7 Å². The summed E-state index contributed by atoms with van der Waals surface area (Å²) >= 11 is 5.99. The van der Waals surface area contributed by atoms with Crippen molar-refractivity contribution in [2.75, 3.05) is 26.3 Å². The number of likely N-dealkylation sites (tertiary alicyclic amines) is 1. The van der Waals surface area contributed by atoms with Gasteiger partial charge in [-0.25, -0.2) is 19.2 Å². The Bertz CT molecular complexity index is 1760. The van der Waals surface area contributed by atoms with E-state index < -0.39 is 17.6 Å². The van der Waals surface area contributed by atoms with Gasteiger partial charge in [-0.1, -0.05) is 23.7 Å². The third-order valence-electron chi connectivity index (χ3n) is 9.02. The number of nitrogens with zero attached hydrogens (tertiary/aromatic N) is 4. The molecule has 0 aliphatic carbocycles. The number of esters is 1. The summed E-state index contributed by atoms with van der Waals surface area (Å²) in [6, 6.07) is 10.4. The molecule has 7 rings (SSSR count). The van der Waals surface area contributed by atoms with E-state index in [4.69, 9.17) is 39.9 Å². The van der Waals surface area contributed by atoms with Gasteiger partial charge in [0, 0.05) is 24.1 Å². The third kappa shape index (κ3) is 5.76. The molecule has 3 aliphatic heterocycles. The van der Waals surface area contributed by atoms with Crippen LogP contribution in [-0.4, -0.2) is 57.8 Å². The van der Waals surface area contributed by atoms with Gasteiger partial charge in [0.1, 0.15) is 23.6 Å². The SMILES string of the molecule is CCOC(=O)c1nc(-c2c(C)nc(CN3CCC(c4cccc5c4OC(C)(c4ccc(Cl)cc4F)O5)CC3)n2CC2CCO2)co1. The molecule has 242 valence electrons. The number of ether oxygens (including phenoxy) is 4. The zero-order valence-corrected chi connectivity index (χ0v) is 26.8. The van der Waals surface area contributed by atoms with Crippen LogP contribution in [0.3, 0.4) is 0 Å². The van der Waals surface area contributed by atoms with Crippen molar-refractivity contribution in [2.24, 2.45) is 0 Å². The van der Waals surface area contributed by atoms with Crippen LogP contribution in [-0.2, 0) is 28.4 Å². The van der Waals surface area contributed by atoms with Gasteiger partial charge in [-0.2, -0.15) is 0 Å². The lowest BCUT2D eigenvalue weighted by molar-refractivity contribution is -0.0712. The van der Waals surface area contributed by atoms with Crippen molar-refractivity contribution in [2.45, 2.75) is 70.9 Å². The Labute approximate surface area is 271 Å². The Morgan fingerprint density at radius 2 is 1.96 bits per heavy atom. The number of hydrogen-bond donors (Lipinski definition) is 0. The predicted molar refractivity (Wildman–Crippen MR) is 166 cm³/mol. The van der Waals surface area contributed by atoms with Crippen LogP contribution < -0.4 is 9.47 Å². The fraction of sp³-hybridized carbons (Fsp3) is 0.441. The van der Waals surface area contributed by atoms with Gasteiger partial charge >= 0.3 is 11.9 Å². The van der Waals surface area contributed by atoms with Crippen molar-refractivity contribution >= 4 is 17.6 Å². The largest absolute Gasteiger partial charge is 0.459 e. The fourth-order valence-electron chi connectivity index (χ4n) is 6.61. The highest BCUT2D eigenvalue weighted by Crippen LogP contribution is 2.50. The molecule has 5 heterocycles. The number of aromatic nitrogens is 3. The smallest absolute Gasteiger partial charge is 0.394 e. The van der Waals surface area contributed by atoms with Crippen LogP contribution in [0.25, 0.3) is 11.4 Å². The Balaban J connectivity index is 1.07. The molecule has 3 aliphatic rings. The van der Waals surface area contributed by atoms with E-state index in [1.807, 2.05) is 19.1 Å². The molecule has 0 N–H and O–H groups in total. The van der Waals surface area contributed by atoms with Crippen molar-refractivity contribution < 1.29 is 32.5 Å². The van der Waals surface area contributed by atoms with Crippen LogP contribution in [0.1, 0.15) is 72.4 Å². The molecule has 4 aromatic rings. The minimum atomic E-state index is -1.29. The molecule has 0 saturated carbocycles. The van der Waals surface area contributed by atoms with Gasteiger partial charge in [-0.15, -0.1) is 0 Å². The second-order valence-electron chi connectivity index (χ2n) is 12.1. The number of benzene rings is 2. The van der Waals surface area contributed by atoms with Gasteiger partial charge in [0.05, 0.1) is 42.8 Å². The second-order valence-corrected chi connectivity index (χ2v) is 12.5. The topological polar surface area (TPSA) is 101 Å². The van der Waals surface area contributed by atoms with E-state index in [2.05, 4.69) is 20.5 Å². The first kappa shape index (κ1) is 30.7. The molecule has 2 aromatic heterocycles. The molecule has 46 heavy (non-hydrogen) atoms. The van der Waals surface area contributed by atoms with Gasteiger partial charge in [0.2, 0.25) is 0 Å². The van der Waals surface area contributed by atoms with Crippen LogP contribution in [0, 0.1) is 12.7 Å². The van der Waals surface area contributed by atoms with E-state index >= 15 is 0 Å². The van der Waals surface area contributed by atoms with Gasteiger partial charge in [0.25, 0.3) is 5.79 Å². The Morgan fingerprint density at radius 3 is 2.67 bits per heavy atom. The molecule has 10 nitrogen and oxygen atoms in total. The van der Waals surface area contributed by atoms with E-state index in [1.165, 1.54) is 12.3 Å². The minimum absolute atomic E-state index is 0.0760. The number of halogens is 2. The highest BCUT2D eigenvalue weighted by molar-refractivity contribution is 6.30. The normalized spacial score (nSPS) is 21.4. The Hall–Kier alpha value is -3.93. The molecule has 2 saturated heterocycles. The number of carbonyl (C=O) groups is 1. The second kappa shape index (κ2) is 12.4. The maximum absolute atomic E-state index is 14.9. The van der Waals surface area contributed by atoms with Crippen molar-refractivity contribution in [3.8, 4) is 22.9 Å². The van der Waals surface area contributed by atoms with Crippen molar-refractivity contribution in [3.05, 3.63) is 82.0 Å². The number of hydrogen-bond acceptors (Lipinski definition) is 9. The summed E-state index contributed by atoms with van der Waals surface area (Å²) in [7, 11) is 0. The summed E-state index contributed by atoms with van der Waals surface area (Å²) in [5.41, 5.74) is 3.54. The van der Waals surface area contributed by atoms with Crippen LogP contribution in [0.15, 0.2) is 47.1 Å². The maximum atomic E-state index is 14.9. The summed E-state index contributed by atoms with van der Waals surface area (Å²) in [6.45, 7) is 9.42. The standard InChI is InChI=1S/C34H36ClFN4O6/c1-4-42-33(41)32-38-27(19-44-32)30-20(2)37-29(40(30)17-23-12-15-43-23)18-39-13-10-21(11-14-39)24-6-5-7-28-31(24)46-34(3,45-28)25-9-8-22(35)16-26(25)36/h5-9,16,19,21,23H,4,10-15,17-18H2,1-3H3. The molecule has 2 atom stereocenters. The molecule has 0 radical (unpaired) electrons. The lowest BCUT2D eigenvalue weighted by Crippen LogP contribution is -2.35. The highest BCUT2D eigenvalue weighted by Gasteiger charge is 2.43. The molecule has 2 unspecified atom stereocenters. The summed E-state index contributed by atoms with van der Waals surface area (Å²) in [4.78, 5) is 24.0. The monoisotopic (exact) mass is 650 g/mol. The van der Waals surface area contributed by atoms with E-state index in [1.54, 1.807) is 26.0 Å². The zero-order chi connectivity index (χ0) is 32.0. The summed E-state index contributed by atoms with van der Waals surface area (Å²) in [5, 5.41) is 0.319. The Morgan fingerprint density at radius 1 is 1.15 bits per heavy atom. The number of piperidine rings is 1. The first-order valence-electron chi connectivity index (χ1n) is 15.7. The van der Waals surface area contributed by atoms with E-state index in [0.29, 0.717) is 40.9 Å². The summed E-state index contributed by atoms with van der Waals surface area (Å²) < 4.78 is 45.9. The van der Waals surface area contributed by atoms with Gasteiger partial charge in [-0.05, 0) is 76.4 Å². The van der Waals surface area contributed by atoms with Crippen LogP contribution >= 0.6 is 11.6 Å². The number of carbonyl (C=O) groups excluding carboxylic acids is 1. The average molecular weight is 651 g/mol. The average Bonchev–Trinajstić information content (AvgIpc) is 3.70. The van der Waals surface area contributed by atoms with Crippen LogP contribution in [0.2, 0.25) is 5.02 Å². The molecule has 12 heteroatoms. The maximum Gasteiger partial charge on any atom is 0.394 e. The zero-order valence-electron chi connectivity index (χ0n) is 26.1. The first-order chi connectivity index (χ1) is 22.2. The first-order valence-corrected chi connectivity index (χ1v) is 16.1. The van der Waals surface area contributed by atoms with Gasteiger partial charge < -0.3 is 27.9 Å². The van der Waals surface area contributed by atoms with E-state index in [-0.39, 0.29) is 24.5 Å². The summed E-state index contributed by atoms with van der Waals surface area (Å²) in [5.74, 6) is 0.0259. The van der Waals surface area contributed by atoms with Gasteiger partial charge in [0.15, 0.2) is 11.5 Å². The van der Waals surface area contributed by atoms with Gasteiger partial charge in [-0.3, -0.25) is 4.90 Å². The number of aryl methyl sites for hydroxylation is 1. The fourth-order valence-corrected chi connectivity index (χ4v) is 6.77. The minimum Gasteiger partial charge on any atom is -0.459 e. The summed E-state index contributed by atoms with van der Waals surface area (Å²) in [6.07, 6.45) is 4.39. The van der Waals surface area contributed by atoms with Crippen molar-refractivity contribution in [1.82, 2.24) is 19.4 Å². The number of para-hydroxylation sites is 1. The number of fused-ring (bicyclic) bond motifs is 1. The molecule has 0 amide bonds.